The van der Waals surface area contributed by atoms with Gasteiger partial charge in [-0.3, -0.25) is 0 Å². The number of rotatable bonds is 6. The molecule has 0 amide bonds. The van der Waals surface area contributed by atoms with Crippen molar-refractivity contribution < 1.29 is 4.57 Å². The van der Waals surface area contributed by atoms with Crippen LogP contribution in [-0.2, 0) is 13.1 Å². The van der Waals surface area contributed by atoms with Gasteiger partial charge in [0.15, 0.2) is 0 Å². The van der Waals surface area contributed by atoms with Gasteiger partial charge in [-0.15, -0.1) is 0 Å². The summed E-state index contributed by atoms with van der Waals surface area (Å²) < 4.78 is 4.61. The zero-order valence-corrected chi connectivity index (χ0v) is 15.3. The summed E-state index contributed by atoms with van der Waals surface area (Å²) in [6, 6.07) is 31.6. The molecule has 1 aromatic heterocycles. The van der Waals surface area contributed by atoms with Crippen molar-refractivity contribution >= 4 is 12.2 Å². The molecule has 4 aromatic rings. The normalized spacial score (nSPS) is 11.1. The number of hydrogen-bond acceptors (Lipinski definition) is 0. The Kier molecular flexibility index (Phi) is 5.26. The average molecular weight is 351 g/mol. The van der Waals surface area contributed by atoms with Crippen LogP contribution < -0.4 is 4.57 Å². The number of nitrogens with zero attached hydrogens (tertiary/aromatic N) is 2. The van der Waals surface area contributed by atoms with E-state index in [-0.39, 0.29) is 0 Å². The molecule has 0 spiro atoms. The summed E-state index contributed by atoms with van der Waals surface area (Å²) in [7, 11) is 0. The highest BCUT2D eigenvalue weighted by atomic mass is 15.1. The number of hydrogen-bond donors (Lipinski definition) is 0. The van der Waals surface area contributed by atoms with Gasteiger partial charge < -0.3 is 0 Å². The van der Waals surface area contributed by atoms with Gasteiger partial charge in [0.2, 0.25) is 0 Å². The van der Waals surface area contributed by atoms with Gasteiger partial charge in [0.25, 0.3) is 5.82 Å². The van der Waals surface area contributed by atoms with Crippen LogP contribution in [0.2, 0.25) is 0 Å². The second-order valence-electron chi connectivity index (χ2n) is 6.63. The highest BCUT2D eigenvalue weighted by Crippen LogP contribution is 2.10. The maximum Gasteiger partial charge on any atom is 0.282 e. The van der Waals surface area contributed by atoms with Crippen molar-refractivity contribution in [2.24, 2.45) is 0 Å². The molecule has 0 bridgehead atoms. The predicted octanol–water partition coefficient (Wildman–Crippen LogP) is 5.04. The first kappa shape index (κ1) is 17.0. The van der Waals surface area contributed by atoms with E-state index in [2.05, 4.69) is 119 Å². The van der Waals surface area contributed by atoms with Crippen LogP contribution in [0.5, 0.6) is 0 Å². The lowest BCUT2D eigenvalue weighted by Crippen LogP contribution is -2.36. The third kappa shape index (κ3) is 4.42. The van der Waals surface area contributed by atoms with Crippen molar-refractivity contribution in [3.63, 3.8) is 0 Å². The molecule has 2 heteroatoms. The quantitative estimate of drug-likeness (QED) is 0.430. The van der Waals surface area contributed by atoms with Gasteiger partial charge in [-0.25, -0.2) is 9.13 Å². The monoisotopic (exact) mass is 351 g/mol. The van der Waals surface area contributed by atoms with Crippen LogP contribution in [-0.4, -0.2) is 4.57 Å². The fourth-order valence-corrected chi connectivity index (χ4v) is 3.23. The number of benzene rings is 3. The highest BCUT2D eigenvalue weighted by Gasteiger charge is 2.15. The van der Waals surface area contributed by atoms with E-state index in [1.54, 1.807) is 0 Å². The summed E-state index contributed by atoms with van der Waals surface area (Å²) in [6.45, 7) is 1.72. The first-order chi connectivity index (χ1) is 13.4. The molecule has 0 saturated heterocycles. The van der Waals surface area contributed by atoms with E-state index in [1.807, 2.05) is 6.07 Å². The molecule has 0 fully saturated rings. The molecular weight excluding hydrogens is 328 g/mol. The number of imidazole rings is 1. The van der Waals surface area contributed by atoms with E-state index in [9.17, 15) is 0 Å². The Balaban J connectivity index is 1.67. The van der Waals surface area contributed by atoms with Gasteiger partial charge in [0.05, 0.1) is 0 Å². The van der Waals surface area contributed by atoms with Crippen molar-refractivity contribution in [3.8, 4) is 0 Å². The third-order valence-corrected chi connectivity index (χ3v) is 4.63. The Morgan fingerprint density at radius 3 is 1.93 bits per heavy atom. The van der Waals surface area contributed by atoms with E-state index in [4.69, 9.17) is 0 Å². The van der Waals surface area contributed by atoms with E-state index in [0.29, 0.717) is 0 Å². The van der Waals surface area contributed by atoms with Crippen molar-refractivity contribution in [1.82, 2.24) is 4.57 Å². The summed E-state index contributed by atoms with van der Waals surface area (Å²) in [5.74, 6) is 1.19. The summed E-state index contributed by atoms with van der Waals surface area (Å²) in [4.78, 5) is 0. The molecule has 0 radical (unpaired) electrons. The Bertz CT molecular complexity index is 941. The minimum absolute atomic E-state index is 0.858. The topological polar surface area (TPSA) is 8.81 Å². The fraction of sp³-hybridized carbons (Fsp3) is 0.0800. The number of aromatic nitrogens is 2. The Labute approximate surface area is 160 Å². The summed E-state index contributed by atoms with van der Waals surface area (Å²) >= 11 is 0. The van der Waals surface area contributed by atoms with Gasteiger partial charge in [-0.1, -0.05) is 91.0 Å². The molecule has 0 atom stereocenters. The largest absolute Gasteiger partial charge is 0.282 e. The molecule has 0 unspecified atom stereocenters. The molecule has 3 aromatic carbocycles. The lowest BCUT2D eigenvalue weighted by molar-refractivity contribution is -0.689. The maximum absolute atomic E-state index is 2.30. The van der Waals surface area contributed by atoms with Gasteiger partial charge in [-0.2, -0.15) is 0 Å². The first-order valence-electron chi connectivity index (χ1n) is 9.28. The van der Waals surface area contributed by atoms with Gasteiger partial charge >= 0.3 is 0 Å². The van der Waals surface area contributed by atoms with Crippen LogP contribution in [0, 0.1) is 0 Å². The second kappa shape index (κ2) is 8.33. The van der Waals surface area contributed by atoms with Crippen molar-refractivity contribution in [3.05, 3.63) is 126 Å². The van der Waals surface area contributed by atoms with Gasteiger partial charge in [0, 0.05) is 6.08 Å². The summed E-state index contributed by atoms with van der Waals surface area (Å²) in [5.41, 5.74) is 3.81. The minimum atomic E-state index is 0.858. The van der Waals surface area contributed by atoms with Crippen molar-refractivity contribution in [1.29, 1.82) is 0 Å². The van der Waals surface area contributed by atoms with E-state index in [1.165, 1.54) is 22.5 Å². The first-order valence-corrected chi connectivity index (χ1v) is 9.28. The smallest absolute Gasteiger partial charge is 0.226 e. The van der Waals surface area contributed by atoms with Crippen molar-refractivity contribution in [2.45, 2.75) is 13.1 Å². The highest BCUT2D eigenvalue weighted by molar-refractivity contribution is 5.65. The van der Waals surface area contributed by atoms with E-state index in [0.717, 1.165) is 13.1 Å². The molecule has 27 heavy (non-hydrogen) atoms. The molecule has 2 nitrogen and oxygen atoms in total. The van der Waals surface area contributed by atoms with Crippen LogP contribution in [0.15, 0.2) is 103 Å². The molecule has 132 valence electrons. The van der Waals surface area contributed by atoms with Crippen LogP contribution in [0.1, 0.15) is 22.5 Å². The molecule has 0 aliphatic rings. The average Bonchev–Trinajstić information content (AvgIpc) is 3.10. The summed E-state index contributed by atoms with van der Waals surface area (Å²) in [5, 5.41) is 0. The maximum atomic E-state index is 2.30. The van der Waals surface area contributed by atoms with Crippen molar-refractivity contribution in [2.75, 3.05) is 0 Å². The lowest BCUT2D eigenvalue weighted by atomic mass is 10.2. The molecule has 4 rings (SSSR count). The molecule has 0 saturated carbocycles. The molecule has 1 heterocycles. The lowest BCUT2D eigenvalue weighted by Gasteiger charge is -2.03. The second-order valence-corrected chi connectivity index (χ2v) is 6.63. The predicted molar refractivity (Wildman–Crippen MR) is 111 cm³/mol. The van der Waals surface area contributed by atoms with Gasteiger partial charge in [0.1, 0.15) is 25.5 Å². The molecule has 0 aliphatic heterocycles. The van der Waals surface area contributed by atoms with Crippen LogP contribution in [0.3, 0.4) is 0 Å². The van der Waals surface area contributed by atoms with Crippen LogP contribution in [0.25, 0.3) is 12.2 Å². The zero-order chi connectivity index (χ0) is 18.3. The zero-order valence-electron chi connectivity index (χ0n) is 15.3. The van der Waals surface area contributed by atoms with E-state index >= 15 is 0 Å². The van der Waals surface area contributed by atoms with Gasteiger partial charge in [-0.05, 0) is 22.8 Å². The Morgan fingerprint density at radius 1 is 0.667 bits per heavy atom. The minimum Gasteiger partial charge on any atom is -0.226 e. The summed E-state index contributed by atoms with van der Waals surface area (Å²) in [6.07, 6.45) is 8.72. The SMILES string of the molecule is C(=Cc1n(Cc2ccccc2)cc[n+]1Cc1ccccc1)c1ccccc1. The van der Waals surface area contributed by atoms with Crippen LogP contribution >= 0.6 is 0 Å². The van der Waals surface area contributed by atoms with Crippen LogP contribution in [0.4, 0.5) is 0 Å². The molecular formula is C25H23N2+. The fourth-order valence-electron chi connectivity index (χ4n) is 3.23. The van der Waals surface area contributed by atoms with E-state index < -0.39 is 0 Å². The molecule has 0 N–H and O–H groups in total. The molecule has 0 aliphatic carbocycles. The third-order valence-electron chi connectivity index (χ3n) is 4.63. The standard InChI is InChI=1S/C25H23N2/c1-4-10-22(11-5-1)16-17-25-26(20-23-12-6-2-7-13-23)18-19-27(25)21-24-14-8-3-9-15-24/h1-19H,20-21H2/q+1. The Morgan fingerprint density at radius 2 is 1.26 bits per heavy atom. The Hall–Kier alpha value is -3.39.